The lowest BCUT2D eigenvalue weighted by atomic mass is 10.2. The van der Waals surface area contributed by atoms with Gasteiger partial charge in [0.2, 0.25) is 5.91 Å². The Morgan fingerprint density at radius 1 is 1.53 bits per heavy atom. The molecule has 0 aliphatic rings. The lowest BCUT2D eigenvalue weighted by Gasteiger charge is -2.04. The number of oxazole rings is 1. The number of carbonyl (C=O) groups excluding carboxylic acids is 1. The van der Waals surface area contributed by atoms with Crippen molar-refractivity contribution < 1.29 is 9.21 Å². The van der Waals surface area contributed by atoms with Gasteiger partial charge in [-0.25, -0.2) is 4.98 Å². The monoisotopic (exact) mass is 250 g/mol. The second-order valence-electron chi connectivity index (χ2n) is 3.60. The Balaban J connectivity index is 2.01. The van der Waals surface area contributed by atoms with E-state index < -0.39 is 0 Å². The Morgan fingerprint density at radius 3 is 3.00 bits per heavy atom. The lowest BCUT2D eigenvalue weighted by Crippen LogP contribution is -2.14. The van der Waals surface area contributed by atoms with Crippen LogP contribution in [-0.2, 0) is 11.2 Å². The number of aryl methyl sites for hydroxylation is 1. The third kappa shape index (κ3) is 3.07. The largest absolute Gasteiger partial charge is 0.448 e. The van der Waals surface area contributed by atoms with Crippen LogP contribution in [0.2, 0.25) is 5.02 Å². The summed E-state index contributed by atoms with van der Waals surface area (Å²) < 4.78 is 5.10. The highest BCUT2D eigenvalue weighted by Gasteiger charge is 2.10. The van der Waals surface area contributed by atoms with Crippen LogP contribution in [0.25, 0.3) is 0 Å². The predicted molar refractivity (Wildman–Crippen MR) is 65.0 cm³/mol. The highest BCUT2D eigenvalue weighted by Crippen LogP contribution is 2.15. The summed E-state index contributed by atoms with van der Waals surface area (Å²) in [4.78, 5) is 15.6. The molecule has 0 radical (unpaired) electrons. The quantitative estimate of drug-likeness (QED) is 0.911. The summed E-state index contributed by atoms with van der Waals surface area (Å²) in [7, 11) is 0. The second-order valence-corrected chi connectivity index (χ2v) is 4.03. The van der Waals surface area contributed by atoms with Crippen LogP contribution in [0.1, 0.15) is 11.5 Å². The summed E-state index contributed by atoms with van der Waals surface area (Å²) in [6.07, 6.45) is 1.50. The Labute approximate surface area is 104 Å². The van der Waals surface area contributed by atoms with Crippen LogP contribution >= 0.6 is 11.6 Å². The van der Waals surface area contributed by atoms with Crippen molar-refractivity contribution in [3.05, 3.63) is 47.1 Å². The van der Waals surface area contributed by atoms with Gasteiger partial charge in [-0.1, -0.05) is 17.7 Å². The first-order chi connectivity index (χ1) is 8.15. The number of hydrogen-bond donors (Lipinski definition) is 1. The first kappa shape index (κ1) is 11.7. The molecule has 88 valence electrons. The fourth-order valence-corrected chi connectivity index (χ4v) is 1.60. The molecular weight excluding hydrogens is 240 g/mol. The number of amides is 1. The molecule has 2 rings (SSSR count). The molecule has 0 fully saturated rings. The first-order valence-electron chi connectivity index (χ1n) is 5.09. The summed E-state index contributed by atoms with van der Waals surface area (Å²) in [5, 5.41) is 3.32. The Kier molecular flexibility index (Phi) is 3.44. The molecule has 0 saturated heterocycles. The fraction of sp³-hybridized carbons (Fsp3) is 0.167. The normalized spacial score (nSPS) is 10.2. The standard InChI is InChI=1S/C12H11ClN2O2/c1-8-11(17-7-14-8)6-12(16)15-10-4-2-3-9(13)5-10/h2-5,7H,6H2,1H3,(H,15,16). The van der Waals surface area contributed by atoms with Crippen LogP contribution in [0, 0.1) is 6.92 Å². The number of carbonyl (C=O) groups is 1. The van der Waals surface area contributed by atoms with Crippen LogP contribution in [0.4, 0.5) is 5.69 Å². The van der Waals surface area contributed by atoms with Crippen LogP contribution in [0.3, 0.4) is 0 Å². The van der Waals surface area contributed by atoms with E-state index in [1.807, 2.05) is 0 Å². The van der Waals surface area contributed by atoms with Crippen molar-refractivity contribution in [3.63, 3.8) is 0 Å². The first-order valence-corrected chi connectivity index (χ1v) is 5.47. The van der Waals surface area contributed by atoms with E-state index in [2.05, 4.69) is 10.3 Å². The van der Waals surface area contributed by atoms with E-state index in [-0.39, 0.29) is 12.3 Å². The molecule has 0 saturated carbocycles. The molecule has 1 N–H and O–H groups in total. The summed E-state index contributed by atoms with van der Waals surface area (Å²) in [5.41, 5.74) is 1.39. The molecule has 1 aromatic heterocycles. The van der Waals surface area contributed by atoms with Crippen LogP contribution in [0.5, 0.6) is 0 Å². The molecule has 5 heteroatoms. The molecule has 1 amide bonds. The molecular formula is C12H11ClN2O2. The zero-order chi connectivity index (χ0) is 12.3. The van der Waals surface area contributed by atoms with E-state index in [9.17, 15) is 4.79 Å². The van der Waals surface area contributed by atoms with Crippen molar-refractivity contribution in [1.82, 2.24) is 4.98 Å². The van der Waals surface area contributed by atoms with Crippen molar-refractivity contribution in [2.24, 2.45) is 0 Å². The van der Waals surface area contributed by atoms with Crippen LogP contribution in [0.15, 0.2) is 35.1 Å². The Bertz CT molecular complexity index is 537. The van der Waals surface area contributed by atoms with E-state index >= 15 is 0 Å². The number of aromatic nitrogens is 1. The second kappa shape index (κ2) is 5.01. The zero-order valence-electron chi connectivity index (χ0n) is 9.24. The zero-order valence-corrected chi connectivity index (χ0v) is 9.99. The molecule has 1 aromatic carbocycles. The van der Waals surface area contributed by atoms with Gasteiger partial charge in [-0.05, 0) is 25.1 Å². The minimum Gasteiger partial charge on any atom is -0.448 e. The SMILES string of the molecule is Cc1ncoc1CC(=O)Nc1cccc(Cl)c1. The third-order valence-electron chi connectivity index (χ3n) is 2.27. The van der Waals surface area contributed by atoms with E-state index in [1.165, 1.54) is 6.39 Å². The number of nitrogens with one attached hydrogen (secondary N) is 1. The number of halogens is 1. The molecule has 0 spiro atoms. The lowest BCUT2D eigenvalue weighted by molar-refractivity contribution is -0.115. The van der Waals surface area contributed by atoms with Gasteiger partial charge in [0.05, 0.1) is 12.1 Å². The van der Waals surface area contributed by atoms with Gasteiger partial charge < -0.3 is 9.73 Å². The Hall–Kier alpha value is -1.81. The number of nitrogens with zero attached hydrogens (tertiary/aromatic N) is 1. The van der Waals surface area contributed by atoms with Crippen LogP contribution < -0.4 is 5.32 Å². The average Bonchev–Trinajstić information content (AvgIpc) is 2.64. The van der Waals surface area contributed by atoms with E-state index in [0.717, 1.165) is 5.69 Å². The van der Waals surface area contributed by atoms with Gasteiger partial charge in [0, 0.05) is 10.7 Å². The maximum Gasteiger partial charge on any atom is 0.232 e. The van der Waals surface area contributed by atoms with Gasteiger partial charge in [0.1, 0.15) is 5.76 Å². The number of anilines is 1. The van der Waals surface area contributed by atoms with E-state index in [0.29, 0.717) is 16.5 Å². The van der Waals surface area contributed by atoms with Gasteiger partial charge in [0.25, 0.3) is 0 Å². The fourth-order valence-electron chi connectivity index (χ4n) is 1.41. The Morgan fingerprint density at radius 2 is 2.35 bits per heavy atom. The minimum absolute atomic E-state index is 0.160. The van der Waals surface area contributed by atoms with Crippen molar-refractivity contribution in [1.29, 1.82) is 0 Å². The van der Waals surface area contributed by atoms with Crippen molar-refractivity contribution in [3.8, 4) is 0 Å². The number of rotatable bonds is 3. The highest BCUT2D eigenvalue weighted by atomic mass is 35.5. The molecule has 4 nitrogen and oxygen atoms in total. The minimum atomic E-state index is -0.160. The van der Waals surface area contributed by atoms with Gasteiger partial charge in [-0.3, -0.25) is 4.79 Å². The average molecular weight is 251 g/mol. The van der Waals surface area contributed by atoms with Crippen molar-refractivity contribution >= 4 is 23.2 Å². The molecule has 1 heterocycles. The van der Waals surface area contributed by atoms with Gasteiger partial charge >= 0.3 is 0 Å². The van der Waals surface area contributed by atoms with E-state index in [4.69, 9.17) is 16.0 Å². The van der Waals surface area contributed by atoms with Gasteiger partial charge in [-0.15, -0.1) is 0 Å². The topological polar surface area (TPSA) is 55.1 Å². The van der Waals surface area contributed by atoms with Crippen molar-refractivity contribution in [2.45, 2.75) is 13.3 Å². The maximum absolute atomic E-state index is 11.7. The van der Waals surface area contributed by atoms with Gasteiger partial charge in [0.15, 0.2) is 6.39 Å². The smallest absolute Gasteiger partial charge is 0.232 e. The van der Waals surface area contributed by atoms with E-state index in [1.54, 1.807) is 31.2 Å². The van der Waals surface area contributed by atoms with Gasteiger partial charge in [-0.2, -0.15) is 0 Å². The summed E-state index contributed by atoms with van der Waals surface area (Å²) >= 11 is 5.82. The third-order valence-corrected chi connectivity index (χ3v) is 2.51. The molecule has 0 aliphatic carbocycles. The highest BCUT2D eigenvalue weighted by molar-refractivity contribution is 6.30. The molecule has 17 heavy (non-hydrogen) atoms. The molecule has 0 bridgehead atoms. The van der Waals surface area contributed by atoms with Crippen molar-refractivity contribution in [2.75, 3.05) is 5.32 Å². The summed E-state index contributed by atoms with van der Waals surface area (Å²) in [6.45, 7) is 1.80. The molecule has 2 aromatic rings. The predicted octanol–water partition coefficient (Wildman–Crippen LogP) is 2.82. The van der Waals surface area contributed by atoms with Crippen LogP contribution in [-0.4, -0.2) is 10.9 Å². The summed E-state index contributed by atoms with van der Waals surface area (Å²) in [6, 6.07) is 6.99. The molecule has 0 atom stereocenters. The number of hydrogen-bond acceptors (Lipinski definition) is 3. The molecule has 0 unspecified atom stereocenters. The summed E-state index contributed by atoms with van der Waals surface area (Å²) in [5.74, 6) is 0.414. The maximum atomic E-state index is 11.7. The molecule has 0 aliphatic heterocycles. The number of benzene rings is 1.